The third kappa shape index (κ3) is 3.00. The Bertz CT molecular complexity index is 523. The molecular formula is C12H16N2O2S. The molecule has 0 amide bonds. The van der Waals surface area contributed by atoms with Gasteiger partial charge in [0.05, 0.1) is 5.75 Å². The monoisotopic (exact) mass is 252 g/mol. The molecule has 0 saturated carbocycles. The first kappa shape index (κ1) is 12.0. The van der Waals surface area contributed by atoms with Crippen LogP contribution < -0.4 is 10.0 Å². The van der Waals surface area contributed by atoms with Crippen LogP contribution in [-0.2, 0) is 16.4 Å². The summed E-state index contributed by atoms with van der Waals surface area (Å²) in [6, 6.07) is 5.58. The molecule has 1 aliphatic rings. The van der Waals surface area contributed by atoms with Crippen LogP contribution in [0.3, 0.4) is 0 Å². The zero-order chi connectivity index (χ0) is 12.3. The lowest BCUT2D eigenvalue weighted by molar-refractivity contribution is 0.604. The molecule has 2 rings (SSSR count). The van der Waals surface area contributed by atoms with Gasteiger partial charge < -0.3 is 5.32 Å². The molecular weight excluding hydrogens is 236 g/mol. The fourth-order valence-corrected chi connectivity index (χ4v) is 2.79. The minimum Gasteiger partial charge on any atom is -0.385 e. The summed E-state index contributed by atoms with van der Waals surface area (Å²) < 4.78 is 25.7. The third-order valence-corrected chi connectivity index (χ3v) is 3.88. The lowest BCUT2D eigenvalue weighted by Crippen LogP contribution is -2.16. The smallest absolute Gasteiger partial charge is 0.236 e. The predicted octanol–water partition coefficient (Wildman–Crippen LogP) is 1.97. The molecule has 0 saturated heterocycles. The summed E-state index contributed by atoms with van der Waals surface area (Å²) in [6.07, 6.45) is 3.44. The van der Waals surface area contributed by atoms with Gasteiger partial charge >= 0.3 is 0 Å². The Kier molecular flexibility index (Phi) is 3.38. The summed E-state index contributed by atoms with van der Waals surface area (Å²) in [6.45, 7) is 4.41. The van der Waals surface area contributed by atoms with Gasteiger partial charge in [-0.15, -0.1) is 6.58 Å². The van der Waals surface area contributed by atoms with Crippen molar-refractivity contribution in [1.29, 1.82) is 0 Å². The molecule has 0 fully saturated rings. The largest absolute Gasteiger partial charge is 0.385 e. The second-order valence-electron chi connectivity index (χ2n) is 4.07. The zero-order valence-corrected chi connectivity index (χ0v) is 10.4. The molecule has 0 aromatic heterocycles. The number of nitrogens with one attached hydrogen (secondary N) is 2. The van der Waals surface area contributed by atoms with Crippen molar-refractivity contribution in [3.8, 4) is 0 Å². The van der Waals surface area contributed by atoms with Crippen molar-refractivity contribution in [2.45, 2.75) is 12.8 Å². The highest BCUT2D eigenvalue weighted by Gasteiger charge is 2.12. The molecule has 1 aliphatic heterocycles. The fourth-order valence-electron chi connectivity index (χ4n) is 1.91. The molecule has 0 unspecified atom stereocenters. The number of aryl methyl sites for hydroxylation is 1. The van der Waals surface area contributed by atoms with Crippen LogP contribution in [-0.4, -0.2) is 20.7 Å². The number of fused-ring (bicyclic) bond motifs is 1. The molecule has 0 bridgehead atoms. The highest BCUT2D eigenvalue weighted by atomic mass is 32.2. The molecule has 2 N–H and O–H groups in total. The molecule has 4 nitrogen and oxygen atoms in total. The van der Waals surface area contributed by atoms with Gasteiger partial charge in [-0.3, -0.25) is 4.72 Å². The van der Waals surface area contributed by atoms with Crippen molar-refractivity contribution >= 4 is 21.4 Å². The van der Waals surface area contributed by atoms with Gasteiger partial charge in [-0.2, -0.15) is 0 Å². The quantitative estimate of drug-likeness (QED) is 0.805. The molecule has 1 aromatic carbocycles. The molecule has 1 heterocycles. The number of hydrogen-bond acceptors (Lipinski definition) is 3. The normalized spacial score (nSPS) is 14.6. The molecule has 0 atom stereocenters. The lowest BCUT2D eigenvalue weighted by atomic mass is 10.0. The Hall–Kier alpha value is -1.49. The maximum absolute atomic E-state index is 11.6. The third-order valence-electron chi connectivity index (χ3n) is 2.65. The van der Waals surface area contributed by atoms with Gasteiger partial charge in [0.25, 0.3) is 0 Å². The molecule has 5 heteroatoms. The molecule has 92 valence electrons. The van der Waals surface area contributed by atoms with Gasteiger partial charge in [-0.1, -0.05) is 6.08 Å². The van der Waals surface area contributed by atoms with E-state index in [9.17, 15) is 8.42 Å². The van der Waals surface area contributed by atoms with E-state index in [1.54, 1.807) is 6.07 Å². The van der Waals surface area contributed by atoms with Gasteiger partial charge in [-0.25, -0.2) is 8.42 Å². The fraction of sp³-hybridized carbons (Fsp3) is 0.333. The minimum atomic E-state index is -3.30. The van der Waals surface area contributed by atoms with Crippen LogP contribution in [0.25, 0.3) is 0 Å². The number of sulfonamides is 1. The van der Waals surface area contributed by atoms with Crippen LogP contribution >= 0.6 is 0 Å². The minimum absolute atomic E-state index is 0.0671. The maximum Gasteiger partial charge on any atom is 0.236 e. The Morgan fingerprint density at radius 1 is 1.47 bits per heavy atom. The van der Waals surface area contributed by atoms with Crippen molar-refractivity contribution in [3.63, 3.8) is 0 Å². The van der Waals surface area contributed by atoms with Crippen molar-refractivity contribution in [1.82, 2.24) is 0 Å². The Balaban J connectivity index is 2.20. The Morgan fingerprint density at radius 3 is 3.06 bits per heavy atom. The van der Waals surface area contributed by atoms with Crippen molar-refractivity contribution in [2.75, 3.05) is 22.3 Å². The first-order valence-electron chi connectivity index (χ1n) is 5.59. The van der Waals surface area contributed by atoms with Gasteiger partial charge in [0.2, 0.25) is 10.0 Å². The summed E-state index contributed by atoms with van der Waals surface area (Å²) in [5, 5.41) is 3.28. The van der Waals surface area contributed by atoms with Crippen molar-refractivity contribution in [3.05, 3.63) is 36.4 Å². The summed E-state index contributed by atoms with van der Waals surface area (Å²) in [5.74, 6) is -0.0671. The SMILES string of the molecule is C=CCS(=O)(=O)Nc1ccc2c(c1)CCCN2. The van der Waals surface area contributed by atoms with E-state index >= 15 is 0 Å². The predicted molar refractivity (Wildman–Crippen MR) is 70.9 cm³/mol. The molecule has 1 aromatic rings. The average Bonchev–Trinajstić information content (AvgIpc) is 2.28. The van der Waals surface area contributed by atoms with Crippen LogP contribution in [0.15, 0.2) is 30.9 Å². The molecule has 0 spiro atoms. The van der Waals surface area contributed by atoms with Crippen LogP contribution in [0.2, 0.25) is 0 Å². The summed E-state index contributed by atoms with van der Waals surface area (Å²) >= 11 is 0. The highest BCUT2D eigenvalue weighted by molar-refractivity contribution is 7.92. The first-order valence-corrected chi connectivity index (χ1v) is 7.24. The van der Waals surface area contributed by atoms with E-state index in [0.29, 0.717) is 5.69 Å². The Morgan fingerprint density at radius 2 is 2.29 bits per heavy atom. The summed E-state index contributed by atoms with van der Waals surface area (Å²) in [4.78, 5) is 0. The maximum atomic E-state index is 11.6. The molecule has 0 radical (unpaired) electrons. The second-order valence-corrected chi connectivity index (χ2v) is 5.84. The number of rotatable bonds is 4. The van der Waals surface area contributed by atoms with E-state index in [4.69, 9.17) is 0 Å². The molecule has 17 heavy (non-hydrogen) atoms. The van der Waals surface area contributed by atoms with Crippen LogP contribution in [0.1, 0.15) is 12.0 Å². The van der Waals surface area contributed by atoms with E-state index < -0.39 is 10.0 Å². The van der Waals surface area contributed by atoms with E-state index in [-0.39, 0.29) is 5.75 Å². The number of hydrogen-bond donors (Lipinski definition) is 2. The van der Waals surface area contributed by atoms with Gasteiger partial charge in [0.15, 0.2) is 0 Å². The van der Waals surface area contributed by atoms with Crippen molar-refractivity contribution in [2.24, 2.45) is 0 Å². The van der Waals surface area contributed by atoms with Crippen LogP contribution in [0.5, 0.6) is 0 Å². The first-order chi connectivity index (χ1) is 8.11. The highest BCUT2D eigenvalue weighted by Crippen LogP contribution is 2.25. The van der Waals surface area contributed by atoms with Gasteiger partial charge in [0, 0.05) is 17.9 Å². The van der Waals surface area contributed by atoms with E-state index in [1.165, 1.54) is 6.08 Å². The van der Waals surface area contributed by atoms with E-state index in [1.807, 2.05) is 12.1 Å². The number of benzene rings is 1. The van der Waals surface area contributed by atoms with E-state index in [2.05, 4.69) is 16.6 Å². The van der Waals surface area contributed by atoms with Gasteiger partial charge in [0.1, 0.15) is 0 Å². The number of anilines is 2. The van der Waals surface area contributed by atoms with E-state index in [0.717, 1.165) is 30.6 Å². The Labute approximate surface area is 102 Å². The topological polar surface area (TPSA) is 58.2 Å². The van der Waals surface area contributed by atoms with Crippen LogP contribution in [0, 0.1) is 0 Å². The van der Waals surface area contributed by atoms with Crippen molar-refractivity contribution < 1.29 is 8.42 Å². The zero-order valence-electron chi connectivity index (χ0n) is 9.57. The van der Waals surface area contributed by atoms with Gasteiger partial charge in [-0.05, 0) is 36.6 Å². The standard InChI is InChI=1S/C12H16N2O2S/c1-2-8-17(15,16)14-11-5-6-12-10(9-11)4-3-7-13-12/h2,5-6,9,13-14H,1,3-4,7-8H2. The lowest BCUT2D eigenvalue weighted by Gasteiger charge is -2.18. The summed E-state index contributed by atoms with van der Waals surface area (Å²) in [5.41, 5.74) is 2.88. The average molecular weight is 252 g/mol. The second kappa shape index (κ2) is 4.79. The summed E-state index contributed by atoms with van der Waals surface area (Å²) in [7, 11) is -3.30. The molecule has 0 aliphatic carbocycles. The van der Waals surface area contributed by atoms with Crippen LogP contribution in [0.4, 0.5) is 11.4 Å².